The largest absolute Gasteiger partial charge is 0.508 e. The average Bonchev–Trinajstić information content (AvgIpc) is 3.05. The maximum absolute atomic E-state index is 12.6. The second-order valence-electron chi connectivity index (χ2n) is 6.74. The molecule has 2 heterocycles. The lowest BCUT2D eigenvalue weighted by Gasteiger charge is -2.34. The fraction of sp³-hybridized carbons (Fsp3) is 0.611. The molecule has 120 valence electrons. The molecule has 0 aliphatic carbocycles. The Hall–Kier alpha value is -1.55. The van der Waals surface area contributed by atoms with Crippen LogP contribution in [-0.4, -0.2) is 47.0 Å². The second-order valence-corrected chi connectivity index (χ2v) is 6.74. The van der Waals surface area contributed by atoms with Crippen molar-refractivity contribution in [2.45, 2.75) is 39.2 Å². The van der Waals surface area contributed by atoms with E-state index in [1.165, 1.54) is 0 Å². The van der Waals surface area contributed by atoms with Gasteiger partial charge in [-0.3, -0.25) is 9.69 Å². The molecule has 2 saturated heterocycles. The van der Waals surface area contributed by atoms with Crippen LogP contribution in [0.2, 0.25) is 0 Å². The third-order valence-corrected chi connectivity index (χ3v) is 4.90. The molecule has 0 saturated carbocycles. The van der Waals surface area contributed by atoms with Crippen molar-refractivity contribution in [3.63, 3.8) is 0 Å². The summed E-state index contributed by atoms with van der Waals surface area (Å²) >= 11 is 0. The number of aromatic hydroxyl groups is 1. The second kappa shape index (κ2) is 6.69. The zero-order valence-corrected chi connectivity index (χ0v) is 13.4. The van der Waals surface area contributed by atoms with Crippen LogP contribution in [-0.2, 0) is 11.3 Å². The Morgan fingerprint density at radius 2 is 2.00 bits per heavy atom. The lowest BCUT2D eigenvalue weighted by atomic mass is 9.96. The summed E-state index contributed by atoms with van der Waals surface area (Å²) in [6.45, 7) is 6.48. The van der Waals surface area contributed by atoms with Crippen LogP contribution in [0.5, 0.6) is 5.75 Å². The highest BCUT2D eigenvalue weighted by Crippen LogP contribution is 2.25. The minimum atomic E-state index is 0.138. The first-order chi connectivity index (χ1) is 10.6. The van der Waals surface area contributed by atoms with E-state index < -0.39 is 0 Å². The zero-order valence-electron chi connectivity index (χ0n) is 13.4. The number of hydrogen-bond donors (Lipinski definition) is 1. The van der Waals surface area contributed by atoms with E-state index in [4.69, 9.17) is 0 Å². The number of hydrogen-bond acceptors (Lipinski definition) is 3. The first-order valence-electron chi connectivity index (χ1n) is 8.43. The number of likely N-dealkylation sites (tertiary alicyclic amines) is 2. The van der Waals surface area contributed by atoms with Gasteiger partial charge in [0.1, 0.15) is 5.75 Å². The summed E-state index contributed by atoms with van der Waals surface area (Å²) in [5, 5.41) is 10.0. The molecule has 1 atom stereocenters. The minimum absolute atomic E-state index is 0.138. The van der Waals surface area contributed by atoms with E-state index in [2.05, 4.69) is 4.90 Å². The van der Waals surface area contributed by atoms with Crippen molar-refractivity contribution >= 4 is 5.91 Å². The van der Waals surface area contributed by atoms with Gasteiger partial charge < -0.3 is 10.0 Å². The van der Waals surface area contributed by atoms with Crippen molar-refractivity contribution in [1.29, 1.82) is 0 Å². The van der Waals surface area contributed by atoms with E-state index in [0.29, 0.717) is 11.7 Å². The first-order valence-corrected chi connectivity index (χ1v) is 8.43. The molecule has 0 spiro atoms. The number of phenols is 1. The molecule has 1 aromatic carbocycles. The number of benzene rings is 1. The Morgan fingerprint density at radius 1 is 1.23 bits per heavy atom. The van der Waals surface area contributed by atoms with Crippen LogP contribution in [0.15, 0.2) is 18.2 Å². The van der Waals surface area contributed by atoms with Gasteiger partial charge >= 0.3 is 0 Å². The fourth-order valence-electron chi connectivity index (χ4n) is 3.68. The normalized spacial score (nSPS) is 23.0. The molecule has 4 nitrogen and oxygen atoms in total. The number of carbonyl (C=O) groups excluding carboxylic acids is 1. The van der Waals surface area contributed by atoms with Crippen molar-refractivity contribution in [3.05, 3.63) is 29.3 Å². The molecule has 4 heteroatoms. The molecular weight excluding hydrogens is 276 g/mol. The molecule has 1 amide bonds. The highest BCUT2D eigenvalue weighted by molar-refractivity contribution is 5.79. The number of phenolic OH excluding ortho intramolecular Hbond substituents is 1. The number of nitrogens with zero attached hydrogens (tertiary/aromatic N) is 2. The van der Waals surface area contributed by atoms with Gasteiger partial charge in [0.05, 0.1) is 5.92 Å². The fourth-order valence-corrected chi connectivity index (χ4v) is 3.68. The number of carbonyl (C=O) groups is 1. The van der Waals surface area contributed by atoms with Crippen LogP contribution in [0.4, 0.5) is 0 Å². The number of rotatable bonds is 3. The zero-order chi connectivity index (χ0) is 15.5. The summed E-state index contributed by atoms with van der Waals surface area (Å²) in [7, 11) is 0. The van der Waals surface area contributed by atoms with Gasteiger partial charge in [-0.1, -0.05) is 17.7 Å². The Balaban J connectivity index is 1.62. The van der Waals surface area contributed by atoms with Gasteiger partial charge in [-0.15, -0.1) is 0 Å². The molecule has 2 fully saturated rings. The Kier molecular flexibility index (Phi) is 4.67. The molecule has 0 unspecified atom stereocenters. The van der Waals surface area contributed by atoms with E-state index in [1.807, 2.05) is 24.0 Å². The van der Waals surface area contributed by atoms with Gasteiger partial charge in [0, 0.05) is 31.7 Å². The van der Waals surface area contributed by atoms with Crippen molar-refractivity contribution in [2.75, 3.05) is 26.2 Å². The van der Waals surface area contributed by atoms with Crippen LogP contribution in [0.1, 0.15) is 36.8 Å². The summed E-state index contributed by atoms with van der Waals surface area (Å²) in [5.41, 5.74) is 2.13. The van der Waals surface area contributed by atoms with Crippen LogP contribution in [0, 0.1) is 12.8 Å². The van der Waals surface area contributed by atoms with Gasteiger partial charge in [-0.05, 0) is 45.2 Å². The molecule has 3 rings (SSSR count). The lowest BCUT2D eigenvalue weighted by Crippen LogP contribution is -2.43. The third kappa shape index (κ3) is 3.43. The predicted molar refractivity (Wildman–Crippen MR) is 86.7 cm³/mol. The van der Waals surface area contributed by atoms with Gasteiger partial charge in [0.25, 0.3) is 0 Å². The molecule has 1 aromatic rings. The van der Waals surface area contributed by atoms with Crippen molar-refractivity contribution in [2.24, 2.45) is 5.92 Å². The van der Waals surface area contributed by atoms with E-state index in [-0.39, 0.29) is 5.92 Å². The topological polar surface area (TPSA) is 43.8 Å². The Labute approximate surface area is 132 Å². The van der Waals surface area contributed by atoms with Crippen molar-refractivity contribution < 1.29 is 9.90 Å². The Bertz CT molecular complexity index is 538. The highest BCUT2D eigenvalue weighted by Gasteiger charge is 2.30. The summed E-state index contributed by atoms with van der Waals surface area (Å²) in [4.78, 5) is 16.9. The monoisotopic (exact) mass is 302 g/mol. The molecule has 22 heavy (non-hydrogen) atoms. The van der Waals surface area contributed by atoms with Crippen LogP contribution < -0.4 is 0 Å². The van der Waals surface area contributed by atoms with Gasteiger partial charge in [0.15, 0.2) is 0 Å². The summed E-state index contributed by atoms with van der Waals surface area (Å²) < 4.78 is 0. The molecule has 2 aliphatic heterocycles. The average molecular weight is 302 g/mol. The molecule has 0 bridgehead atoms. The first kappa shape index (κ1) is 15.3. The quantitative estimate of drug-likeness (QED) is 0.933. The summed E-state index contributed by atoms with van der Waals surface area (Å²) in [6, 6.07) is 5.73. The highest BCUT2D eigenvalue weighted by atomic mass is 16.3. The van der Waals surface area contributed by atoms with E-state index in [0.717, 1.165) is 69.5 Å². The van der Waals surface area contributed by atoms with Gasteiger partial charge in [-0.2, -0.15) is 0 Å². The number of piperidine rings is 1. The molecular formula is C18H26N2O2. The lowest BCUT2D eigenvalue weighted by molar-refractivity contribution is -0.136. The standard InChI is InChI=1S/C18H26N2O2/c1-14-6-7-17(21)16(11-14)13-19-8-4-5-15(12-19)18(22)20-9-2-3-10-20/h6-7,11,15,21H,2-5,8-10,12-13H2,1H3/t15-/m1/s1. The molecule has 1 N–H and O–H groups in total. The minimum Gasteiger partial charge on any atom is -0.508 e. The molecule has 2 aliphatic rings. The number of amides is 1. The summed E-state index contributed by atoms with van der Waals surface area (Å²) in [5.74, 6) is 0.841. The molecule has 0 aromatic heterocycles. The van der Waals surface area contributed by atoms with Gasteiger partial charge in [-0.25, -0.2) is 0 Å². The van der Waals surface area contributed by atoms with Crippen molar-refractivity contribution in [1.82, 2.24) is 9.80 Å². The molecule has 0 radical (unpaired) electrons. The maximum Gasteiger partial charge on any atom is 0.226 e. The smallest absolute Gasteiger partial charge is 0.226 e. The van der Waals surface area contributed by atoms with Crippen LogP contribution in [0.3, 0.4) is 0 Å². The SMILES string of the molecule is Cc1ccc(O)c(CN2CCC[C@@H](C(=O)N3CCCC3)C2)c1. The summed E-state index contributed by atoms with van der Waals surface area (Å²) in [6.07, 6.45) is 4.38. The Morgan fingerprint density at radius 3 is 2.77 bits per heavy atom. The third-order valence-electron chi connectivity index (χ3n) is 4.90. The maximum atomic E-state index is 12.6. The van der Waals surface area contributed by atoms with E-state index in [1.54, 1.807) is 6.07 Å². The number of aryl methyl sites for hydroxylation is 1. The van der Waals surface area contributed by atoms with Gasteiger partial charge in [0.2, 0.25) is 5.91 Å². The predicted octanol–water partition coefficient (Wildman–Crippen LogP) is 2.54. The van der Waals surface area contributed by atoms with E-state index >= 15 is 0 Å². The van der Waals surface area contributed by atoms with Crippen LogP contribution >= 0.6 is 0 Å². The van der Waals surface area contributed by atoms with Crippen LogP contribution in [0.25, 0.3) is 0 Å². The van der Waals surface area contributed by atoms with Crippen molar-refractivity contribution in [3.8, 4) is 5.75 Å². The van der Waals surface area contributed by atoms with E-state index in [9.17, 15) is 9.90 Å².